The molecular formula is C23H26N2O4S. The largest absolute Gasteiger partial charge is 0.480 e. The Labute approximate surface area is 181 Å². The molecule has 2 aromatic carbocycles. The molecule has 0 bridgehead atoms. The van der Waals surface area contributed by atoms with Crippen molar-refractivity contribution in [3.05, 3.63) is 71.3 Å². The SMILES string of the molecule is Cc1ccccc1[C@@H]1CC[C@@H](C(=O)O)N1C(=O)CNC(=O)[C@@H](S)Cc1ccccc1. The number of aliphatic carboxylic acids is 1. The summed E-state index contributed by atoms with van der Waals surface area (Å²) in [7, 11) is 0. The summed E-state index contributed by atoms with van der Waals surface area (Å²) in [6.07, 6.45) is 1.40. The van der Waals surface area contributed by atoms with E-state index in [1.54, 1.807) is 0 Å². The first-order chi connectivity index (χ1) is 14.4. The lowest BCUT2D eigenvalue weighted by atomic mass is 9.99. The van der Waals surface area contributed by atoms with Crippen molar-refractivity contribution < 1.29 is 19.5 Å². The number of carbonyl (C=O) groups excluding carboxylic acids is 2. The van der Waals surface area contributed by atoms with Crippen LogP contribution in [0.2, 0.25) is 0 Å². The van der Waals surface area contributed by atoms with Crippen LogP contribution < -0.4 is 5.32 Å². The highest BCUT2D eigenvalue weighted by Gasteiger charge is 2.41. The monoisotopic (exact) mass is 426 g/mol. The first-order valence-corrected chi connectivity index (χ1v) is 10.5. The molecule has 30 heavy (non-hydrogen) atoms. The Balaban J connectivity index is 1.67. The van der Waals surface area contributed by atoms with Gasteiger partial charge in [0.25, 0.3) is 0 Å². The van der Waals surface area contributed by atoms with Gasteiger partial charge in [-0.2, -0.15) is 12.6 Å². The van der Waals surface area contributed by atoms with Gasteiger partial charge in [0.15, 0.2) is 0 Å². The fraction of sp³-hybridized carbons (Fsp3) is 0.348. The first kappa shape index (κ1) is 21.9. The van der Waals surface area contributed by atoms with E-state index in [1.165, 1.54) is 4.90 Å². The third-order valence-electron chi connectivity index (χ3n) is 5.49. The molecule has 2 N–H and O–H groups in total. The number of hydrogen-bond donors (Lipinski definition) is 3. The molecule has 7 heteroatoms. The van der Waals surface area contributed by atoms with E-state index >= 15 is 0 Å². The van der Waals surface area contributed by atoms with Gasteiger partial charge in [0, 0.05) is 0 Å². The van der Waals surface area contributed by atoms with Crippen LogP contribution in [0, 0.1) is 6.92 Å². The molecule has 0 radical (unpaired) electrons. The lowest BCUT2D eigenvalue weighted by Crippen LogP contribution is -2.47. The Morgan fingerprint density at radius 3 is 2.43 bits per heavy atom. The summed E-state index contributed by atoms with van der Waals surface area (Å²) < 4.78 is 0. The van der Waals surface area contributed by atoms with Gasteiger partial charge in [-0.05, 0) is 42.9 Å². The highest BCUT2D eigenvalue weighted by atomic mass is 32.1. The van der Waals surface area contributed by atoms with Gasteiger partial charge in [-0.3, -0.25) is 9.59 Å². The number of carbonyl (C=O) groups is 3. The molecule has 2 amide bonds. The molecule has 6 nitrogen and oxygen atoms in total. The van der Waals surface area contributed by atoms with Crippen LogP contribution in [0.5, 0.6) is 0 Å². The number of carboxylic acids is 1. The van der Waals surface area contributed by atoms with Crippen molar-refractivity contribution in [2.75, 3.05) is 6.54 Å². The van der Waals surface area contributed by atoms with E-state index in [0.29, 0.717) is 19.3 Å². The minimum atomic E-state index is -1.03. The quantitative estimate of drug-likeness (QED) is 0.594. The number of thiol groups is 1. The maximum atomic E-state index is 13.0. The average molecular weight is 427 g/mol. The van der Waals surface area contributed by atoms with E-state index in [2.05, 4.69) is 17.9 Å². The first-order valence-electron chi connectivity index (χ1n) is 9.97. The summed E-state index contributed by atoms with van der Waals surface area (Å²) >= 11 is 4.36. The van der Waals surface area contributed by atoms with Gasteiger partial charge in [-0.15, -0.1) is 0 Å². The van der Waals surface area contributed by atoms with E-state index in [-0.39, 0.29) is 18.5 Å². The maximum Gasteiger partial charge on any atom is 0.326 e. The Morgan fingerprint density at radius 2 is 1.77 bits per heavy atom. The van der Waals surface area contributed by atoms with Crippen LogP contribution in [0.25, 0.3) is 0 Å². The molecule has 1 aliphatic rings. The number of nitrogens with one attached hydrogen (secondary N) is 1. The van der Waals surface area contributed by atoms with Crippen molar-refractivity contribution in [2.24, 2.45) is 0 Å². The van der Waals surface area contributed by atoms with E-state index in [1.807, 2.05) is 61.5 Å². The zero-order valence-electron chi connectivity index (χ0n) is 16.8. The summed E-state index contributed by atoms with van der Waals surface area (Å²) in [5.41, 5.74) is 2.93. The number of benzene rings is 2. The second-order valence-electron chi connectivity index (χ2n) is 7.53. The molecule has 0 spiro atoms. The number of hydrogen-bond acceptors (Lipinski definition) is 4. The number of carboxylic acid groups (broad SMARTS) is 1. The molecule has 3 rings (SSSR count). The number of aryl methyl sites for hydroxylation is 1. The number of amides is 2. The second kappa shape index (κ2) is 9.80. The van der Waals surface area contributed by atoms with Crippen LogP contribution in [0.4, 0.5) is 0 Å². The third-order valence-corrected chi connectivity index (χ3v) is 5.91. The standard InChI is InChI=1S/C23H26N2O4S/c1-15-7-5-6-10-17(15)18-11-12-19(23(28)29)25(18)21(26)14-24-22(27)20(30)13-16-8-3-2-4-9-16/h2-10,18-20,30H,11-14H2,1H3,(H,24,27)(H,28,29)/t18-,19-,20-/m0/s1. The molecular weight excluding hydrogens is 400 g/mol. The fourth-order valence-corrected chi connectivity index (χ4v) is 4.27. The molecule has 1 heterocycles. The number of likely N-dealkylation sites (tertiary alicyclic amines) is 1. The second-order valence-corrected chi connectivity index (χ2v) is 8.15. The smallest absolute Gasteiger partial charge is 0.326 e. The highest BCUT2D eigenvalue weighted by Crippen LogP contribution is 2.37. The Bertz CT molecular complexity index is 918. The van der Waals surface area contributed by atoms with E-state index in [4.69, 9.17) is 0 Å². The van der Waals surface area contributed by atoms with Crippen LogP contribution in [0.1, 0.15) is 35.6 Å². The fourth-order valence-electron chi connectivity index (χ4n) is 3.97. The average Bonchev–Trinajstić information content (AvgIpc) is 3.18. The van der Waals surface area contributed by atoms with Gasteiger partial charge in [0.1, 0.15) is 6.04 Å². The molecule has 0 saturated carbocycles. The van der Waals surface area contributed by atoms with Crippen molar-refractivity contribution in [1.82, 2.24) is 10.2 Å². The van der Waals surface area contributed by atoms with Gasteiger partial charge in [-0.25, -0.2) is 4.79 Å². The molecule has 158 valence electrons. The van der Waals surface area contributed by atoms with Gasteiger partial charge in [0.05, 0.1) is 17.8 Å². The third kappa shape index (κ3) is 5.02. The van der Waals surface area contributed by atoms with Gasteiger partial charge in [-0.1, -0.05) is 54.6 Å². The Hall–Kier alpha value is -2.80. The molecule has 3 atom stereocenters. The maximum absolute atomic E-state index is 13.0. The van der Waals surface area contributed by atoms with Crippen LogP contribution in [0.15, 0.2) is 54.6 Å². The van der Waals surface area contributed by atoms with E-state index in [9.17, 15) is 19.5 Å². The van der Waals surface area contributed by atoms with E-state index < -0.39 is 23.2 Å². The predicted octanol–water partition coefficient (Wildman–Crippen LogP) is 2.77. The molecule has 0 unspecified atom stereocenters. The highest BCUT2D eigenvalue weighted by molar-refractivity contribution is 7.81. The lowest BCUT2D eigenvalue weighted by Gasteiger charge is -2.30. The predicted molar refractivity (Wildman–Crippen MR) is 117 cm³/mol. The van der Waals surface area contributed by atoms with E-state index in [0.717, 1.165) is 16.7 Å². The summed E-state index contributed by atoms with van der Waals surface area (Å²) in [6.45, 7) is 1.69. The summed E-state index contributed by atoms with van der Waals surface area (Å²) in [4.78, 5) is 38.5. The molecule has 1 saturated heterocycles. The molecule has 0 aliphatic carbocycles. The summed E-state index contributed by atoms with van der Waals surface area (Å²) in [6, 6.07) is 16.0. The minimum absolute atomic E-state index is 0.253. The van der Waals surface area contributed by atoms with Gasteiger partial charge in [0.2, 0.25) is 11.8 Å². The van der Waals surface area contributed by atoms with Crippen molar-refractivity contribution in [2.45, 2.75) is 43.5 Å². The summed E-state index contributed by atoms with van der Waals surface area (Å²) in [5, 5.41) is 11.6. The van der Waals surface area contributed by atoms with Crippen molar-refractivity contribution in [3.8, 4) is 0 Å². The van der Waals surface area contributed by atoms with Crippen LogP contribution in [-0.2, 0) is 20.8 Å². The molecule has 2 aromatic rings. The normalized spacial score (nSPS) is 19.3. The van der Waals surface area contributed by atoms with Crippen molar-refractivity contribution in [1.29, 1.82) is 0 Å². The topological polar surface area (TPSA) is 86.7 Å². The van der Waals surface area contributed by atoms with Gasteiger partial charge >= 0.3 is 5.97 Å². The van der Waals surface area contributed by atoms with Crippen molar-refractivity contribution in [3.63, 3.8) is 0 Å². The molecule has 1 fully saturated rings. The Morgan fingerprint density at radius 1 is 1.10 bits per heavy atom. The number of nitrogens with zero attached hydrogens (tertiary/aromatic N) is 1. The Kier molecular flexibility index (Phi) is 7.15. The zero-order valence-corrected chi connectivity index (χ0v) is 17.7. The van der Waals surface area contributed by atoms with Gasteiger partial charge < -0.3 is 15.3 Å². The minimum Gasteiger partial charge on any atom is -0.480 e. The van der Waals surface area contributed by atoms with Crippen molar-refractivity contribution >= 4 is 30.4 Å². The van der Waals surface area contributed by atoms with Crippen LogP contribution in [0.3, 0.4) is 0 Å². The van der Waals surface area contributed by atoms with Crippen LogP contribution >= 0.6 is 12.6 Å². The lowest BCUT2D eigenvalue weighted by molar-refractivity contribution is -0.149. The molecule has 0 aromatic heterocycles. The molecule has 1 aliphatic heterocycles. The number of rotatable bonds is 7. The summed E-state index contributed by atoms with van der Waals surface area (Å²) in [5.74, 6) is -1.78. The van der Waals surface area contributed by atoms with Crippen LogP contribution in [-0.4, -0.2) is 45.6 Å². The zero-order chi connectivity index (χ0) is 21.7.